The first-order valence-electron chi connectivity index (χ1n) is 9.69. The van der Waals surface area contributed by atoms with Crippen molar-refractivity contribution in [3.63, 3.8) is 0 Å². The molecule has 5 heteroatoms. The van der Waals surface area contributed by atoms with Crippen LogP contribution in [0.3, 0.4) is 0 Å². The molecule has 0 unspecified atom stereocenters. The van der Waals surface area contributed by atoms with Gasteiger partial charge in [-0.3, -0.25) is 4.90 Å². The molecule has 146 valence electrons. The van der Waals surface area contributed by atoms with Crippen molar-refractivity contribution in [2.24, 2.45) is 5.92 Å². The van der Waals surface area contributed by atoms with Gasteiger partial charge >= 0.3 is 0 Å². The molecular weight excluding hydrogens is 356 g/mol. The van der Waals surface area contributed by atoms with Crippen LogP contribution in [0.1, 0.15) is 35.1 Å². The SMILES string of the molecule is Cc1cc(C)c(S(=O)(=O)NCC2CCN(Cc3ccccc3)CC2)cc1C. The fraction of sp³-hybridized carbons (Fsp3) is 0.455. The zero-order chi connectivity index (χ0) is 19.4. The molecule has 27 heavy (non-hydrogen) atoms. The van der Waals surface area contributed by atoms with Gasteiger partial charge in [0.05, 0.1) is 4.90 Å². The molecule has 1 fully saturated rings. The summed E-state index contributed by atoms with van der Waals surface area (Å²) in [4.78, 5) is 2.86. The molecule has 1 aliphatic heterocycles. The van der Waals surface area contributed by atoms with Crippen molar-refractivity contribution >= 4 is 10.0 Å². The minimum Gasteiger partial charge on any atom is -0.299 e. The highest BCUT2D eigenvalue weighted by Crippen LogP contribution is 2.22. The lowest BCUT2D eigenvalue weighted by molar-refractivity contribution is 0.178. The second-order valence-electron chi connectivity index (χ2n) is 7.76. The van der Waals surface area contributed by atoms with E-state index < -0.39 is 10.0 Å². The lowest BCUT2D eigenvalue weighted by Crippen LogP contribution is -2.38. The largest absolute Gasteiger partial charge is 0.299 e. The van der Waals surface area contributed by atoms with Gasteiger partial charge in [-0.05, 0) is 80.9 Å². The van der Waals surface area contributed by atoms with Crippen LogP contribution in [-0.2, 0) is 16.6 Å². The highest BCUT2D eigenvalue weighted by molar-refractivity contribution is 7.89. The van der Waals surface area contributed by atoms with E-state index >= 15 is 0 Å². The van der Waals surface area contributed by atoms with E-state index in [-0.39, 0.29) is 0 Å². The number of piperidine rings is 1. The van der Waals surface area contributed by atoms with Crippen molar-refractivity contribution in [1.82, 2.24) is 9.62 Å². The maximum Gasteiger partial charge on any atom is 0.240 e. The third kappa shape index (κ3) is 5.18. The average Bonchev–Trinajstić information content (AvgIpc) is 2.65. The Hall–Kier alpha value is -1.69. The predicted molar refractivity (Wildman–Crippen MR) is 110 cm³/mol. The average molecular weight is 387 g/mol. The van der Waals surface area contributed by atoms with Crippen molar-refractivity contribution in [2.75, 3.05) is 19.6 Å². The summed E-state index contributed by atoms with van der Waals surface area (Å²) in [6, 6.07) is 14.2. The highest BCUT2D eigenvalue weighted by Gasteiger charge is 2.23. The third-order valence-electron chi connectivity index (χ3n) is 5.60. The number of rotatable bonds is 6. The fourth-order valence-electron chi connectivity index (χ4n) is 3.72. The molecule has 1 saturated heterocycles. The lowest BCUT2D eigenvalue weighted by atomic mass is 9.97. The number of aryl methyl sites for hydroxylation is 3. The number of nitrogens with zero attached hydrogens (tertiary/aromatic N) is 1. The Balaban J connectivity index is 1.53. The minimum absolute atomic E-state index is 0.402. The standard InChI is InChI=1S/C22H30N2O2S/c1-17-13-19(3)22(14-18(17)2)27(25,26)23-15-20-9-11-24(12-10-20)16-21-7-5-4-6-8-21/h4-8,13-14,20,23H,9-12,15-16H2,1-3H3. The topological polar surface area (TPSA) is 49.4 Å². The summed E-state index contributed by atoms with van der Waals surface area (Å²) in [6.07, 6.45) is 2.06. The van der Waals surface area contributed by atoms with Crippen molar-refractivity contribution in [2.45, 2.75) is 45.1 Å². The molecule has 0 radical (unpaired) electrons. The number of sulfonamides is 1. The molecule has 3 rings (SSSR count). The van der Waals surface area contributed by atoms with E-state index in [0.717, 1.165) is 49.2 Å². The Morgan fingerprint density at radius 2 is 1.59 bits per heavy atom. The summed E-state index contributed by atoms with van der Waals surface area (Å²) in [5, 5.41) is 0. The second-order valence-corrected chi connectivity index (χ2v) is 9.49. The van der Waals surface area contributed by atoms with Gasteiger partial charge in [0.15, 0.2) is 0 Å². The van der Waals surface area contributed by atoms with Crippen LogP contribution in [0, 0.1) is 26.7 Å². The van der Waals surface area contributed by atoms with E-state index in [0.29, 0.717) is 17.4 Å². The Morgan fingerprint density at radius 1 is 0.963 bits per heavy atom. The van der Waals surface area contributed by atoms with Gasteiger partial charge in [0.1, 0.15) is 0 Å². The summed E-state index contributed by atoms with van der Waals surface area (Å²) < 4.78 is 28.3. The normalized spacial score (nSPS) is 16.6. The van der Waals surface area contributed by atoms with Crippen LogP contribution in [-0.4, -0.2) is 33.0 Å². The molecule has 1 aliphatic rings. The minimum atomic E-state index is -3.46. The van der Waals surface area contributed by atoms with Crippen molar-refractivity contribution in [3.8, 4) is 0 Å². The molecule has 0 amide bonds. The first kappa shape index (κ1) is 20.1. The number of hydrogen-bond acceptors (Lipinski definition) is 3. The molecule has 0 aliphatic carbocycles. The predicted octanol–water partition coefficient (Wildman–Crippen LogP) is 3.80. The second kappa shape index (κ2) is 8.55. The highest BCUT2D eigenvalue weighted by atomic mass is 32.2. The molecule has 1 heterocycles. The zero-order valence-electron chi connectivity index (χ0n) is 16.5. The van der Waals surface area contributed by atoms with Crippen molar-refractivity contribution in [3.05, 3.63) is 64.7 Å². The summed E-state index contributed by atoms with van der Waals surface area (Å²) in [6.45, 7) is 9.36. The van der Waals surface area contributed by atoms with E-state index in [1.165, 1.54) is 5.56 Å². The lowest BCUT2D eigenvalue weighted by Gasteiger charge is -2.32. The van der Waals surface area contributed by atoms with Crippen LogP contribution in [0.25, 0.3) is 0 Å². The molecule has 0 atom stereocenters. The third-order valence-corrected chi connectivity index (χ3v) is 7.16. The maximum atomic E-state index is 12.7. The molecule has 2 aromatic carbocycles. The Bertz CT molecular complexity index is 871. The van der Waals surface area contributed by atoms with Gasteiger partial charge in [-0.25, -0.2) is 13.1 Å². The quantitative estimate of drug-likeness (QED) is 0.821. The van der Waals surface area contributed by atoms with E-state index in [4.69, 9.17) is 0 Å². The Morgan fingerprint density at radius 3 is 2.26 bits per heavy atom. The monoisotopic (exact) mass is 386 g/mol. The van der Waals surface area contributed by atoms with Crippen LogP contribution in [0.4, 0.5) is 0 Å². The first-order valence-corrected chi connectivity index (χ1v) is 11.2. The zero-order valence-corrected chi connectivity index (χ0v) is 17.3. The van der Waals surface area contributed by atoms with E-state index in [1.54, 1.807) is 6.07 Å². The summed E-state index contributed by atoms with van der Waals surface area (Å²) in [5.74, 6) is 0.402. The molecule has 4 nitrogen and oxygen atoms in total. The summed E-state index contributed by atoms with van der Waals surface area (Å²) >= 11 is 0. The van der Waals surface area contributed by atoms with Gasteiger partial charge in [0.2, 0.25) is 10.0 Å². The van der Waals surface area contributed by atoms with Crippen LogP contribution in [0.2, 0.25) is 0 Å². The summed E-state index contributed by atoms with van der Waals surface area (Å²) in [7, 11) is -3.46. The smallest absolute Gasteiger partial charge is 0.240 e. The fourth-order valence-corrected chi connectivity index (χ4v) is 5.14. The van der Waals surface area contributed by atoms with Gasteiger partial charge in [-0.1, -0.05) is 36.4 Å². The van der Waals surface area contributed by atoms with Crippen LogP contribution in [0.5, 0.6) is 0 Å². The van der Waals surface area contributed by atoms with E-state index in [1.807, 2.05) is 32.9 Å². The van der Waals surface area contributed by atoms with E-state index in [9.17, 15) is 8.42 Å². The maximum absolute atomic E-state index is 12.7. The number of likely N-dealkylation sites (tertiary alicyclic amines) is 1. The molecule has 0 saturated carbocycles. The Labute approximate surface area is 163 Å². The van der Waals surface area contributed by atoms with E-state index in [2.05, 4.69) is 33.9 Å². The van der Waals surface area contributed by atoms with Crippen LogP contribution >= 0.6 is 0 Å². The Kier molecular flexibility index (Phi) is 6.35. The van der Waals surface area contributed by atoms with Gasteiger partial charge in [0, 0.05) is 13.1 Å². The van der Waals surface area contributed by atoms with Gasteiger partial charge in [-0.2, -0.15) is 0 Å². The molecule has 1 N–H and O–H groups in total. The molecule has 2 aromatic rings. The van der Waals surface area contributed by atoms with Crippen molar-refractivity contribution < 1.29 is 8.42 Å². The molecule has 0 spiro atoms. The number of nitrogens with one attached hydrogen (secondary N) is 1. The van der Waals surface area contributed by atoms with Gasteiger partial charge < -0.3 is 0 Å². The summed E-state index contributed by atoms with van der Waals surface area (Å²) in [5.41, 5.74) is 4.28. The molecule has 0 aromatic heterocycles. The number of hydrogen-bond donors (Lipinski definition) is 1. The van der Waals surface area contributed by atoms with Gasteiger partial charge in [0.25, 0.3) is 0 Å². The number of benzene rings is 2. The first-order chi connectivity index (χ1) is 12.8. The van der Waals surface area contributed by atoms with Crippen LogP contribution < -0.4 is 4.72 Å². The van der Waals surface area contributed by atoms with Crippen LogP contribution in [0.15, 0.2) is 47.4 Å². The molecule has 0 bridgehead atoms. The van der Waals surface area contributed by atoms with Gasteiger partial charge in [-0.15, -0.1) is 0 Å². The molecular formula is C22H30N2O2S. The van der Waals surface area contributed by atoms with Crippen molar-refractivity contribution in [1.29, 1.82) is 0 Å².